The second-order valence-electron chi connectivity index (χ2n) is 2.19. The van der Waals surface area contributed by atoms with E-state index in [1.54, 1.807) is 6.92 Å². The van der Waals surface area contributed by atoms with Gasteiger partial charge in [-0.15, -0.1) is 0 Å². The molecule has 1 fully saturated rings. The van der Waals surface area contributed by atoms with Crippen molar-refractivity contribution in [3.05, 3.63) is 0 Å². The predicted octanol–water partition coefficient (Wildman–Crippen LogP) is 0.222. The first-order chi connectivity index (χ1) is 4.70. The van der Waals surface area contributed by atoms with Crippen LogP contribution in [0.1, 0.15) is 13.3 Å². The minimum absolute atomic E-state index is 0.380. The van der Waals surface area contributed by atoms with Crippen molar-refractivity contribution in [1.29, 1.82) is 0 Å². The first-order valence-corrected chi connectivity index (χ1v) is 3.20. The zero-order valence-electron chi connectivity index (χ0n) is 5.74. The summed E-state index contributed by atoms with van der Waals surface area (Å²) in [5, 5.41) is 8.48. The smallest absolute Gasteiger partial charge is 0.333 e. The standard InChI is InChI=1S/C6H10O4/c1-4-9-3-2-5(10-4)6(7)8/h4-5H,2-3H2,1H3,(H,7,8)/t4?,5-/m1/s1. The molecule has 1 unspecified atom stereocenters. The van der Waals surface area contributed by atoms with Crippen molar-refractivity contribution in [2.24, 2.45) is 0 Å². The van der Waals surface area contributed by atoms with Gasteiger partial charge in [0.25, 0.3) is 0 Å². The molecule has 0 radical (unpaired) electrons. The zero-order chi connectivity index (χ0) is 7.56. The Balaban J connectivity index is 2.39. The maximum Gasteiger partial charge on any atom is 0.333 e. The van der Waals surface area contributed by atoms with Crippen LogP contribution in [0.5, 0.6) is 0 Å². The van der Waals surface area contributed by atoms with Gasteiger partial charge in [-0.25, -0.2) is 4.79 Å². The Hall–Kier alpha value is -0.610. The second kappa shape index (κ2) is 2.98. The van der Waals surface area contributed by atoms with Crippen molar-refractivity contribution >= 4 is 5.97 Å². The average Bonchev–Trinajstić information content (AvgIpc) is 1.88. The van der Waals surface area contributed by atoms with E-state index in [1.165, 1.54) is 0 Å². The lowest BCUT2D eigenvalue weighted by molar-refractivity contribution is -0.212. The van der Waals surface area contributed by atoms with Gasteiger partial charge in [0.2, 0.25) is 0 Å². The lowest BCUT2D eigenvalue weighted by Crippen LogP contribution is -2.35. The number of carboxylic acids is 1. The van der Waals surface area contributed by atoms with Crippen LogP contribution >= 0.6 is 0 Å². The number of rotatable bonds is 1. The van der Waals surface area contributed by atoms with Crippen LogP contribution in [-0.2, 0) is 14.3 Å². The highest BCUT2D eigenvalue weighted by atomic mass is 16.7. The van der Waals surface area contributed by atoms with Crippen LogP contribution in [0.25, 0.3) is 0 Å². The van der Waals surface area contributed by atoms with Crippen molar-refractivity contribution in [3.63, 3.8) is 0 Å². The molecule has 58 valence electrons. The van der Waals surface area contributed by atoms with E-state index in [-0.39, 0.29) is 6.29 Å². The summed E-state index contributed by atoms with van der Waals surface area (Å²) < 4.78 is 9.90. The molecular formula is C6H10O4. The van der Waals surface area contributed by atoms with Crippen molar-refractivity contribution in [2.45, 2.75) is 25.7 Å². The molecule has 4 nitrogen and oxygen atoms in total. The summed E-state index contributed by atoms with van der Waals surface area (Å²) >= 11 is 0. The van der Waals surface area contributed by atoms with E-state index in [2.05, 4.69) is 0 Å². The van der Waals surface area contributed by atoms with Gasteiger partial charge in [0.05, 0.1) is 6.61 Å². The van der Waals surface area contributed by atoms with Crippen LogP contribution in [0.4, 0.5) is 0 Å². The van der Waals surface area contributed by atoms with Gasteiger partial charge in [-0.05, 0) is 6.92 Å². The molecule has 0 aromatic carbocycles. The third-order valence-electron chi connectivity index (χ3n) is 1.36. The molecule has 0 amide bonds. The molecule has 0 aliphatic carbocycles. The second-order valence-corrected chi connectivity index (χ2v) is 2.19. The first-order valence-electron chi connectivity index (χ1n) is 3.20. The van der Waals surface area contributed by atoms with E-state index in [0.29, 0.717) is 13.0 Å². The Labute approximate surface area is 58.7 Å². The van der Waals surface area contributed by atoms with Crippen LogP contribution in [0, 0.1) is 0 Å². The van der Waals surface area contributed by atoms with E-state index in [1.807, 2.05) is 0 Å². The first kappa shape index (κ1) is 7.50. The van der Waals surface area contributed by atoms with Gasteiger partial charge in [-0.3, -0.25) is 0 Å². The van der Waals surface area contributed by atoms with E-state index in [9.17, 15) is 4.79 Å². The summed E-state index contributed by atoms with van der Waals surface area (Å²) in [4.78, 5) is 10.3. The lowest BCUT2D eigenvalue weighted by Gasteiger charge is -2.24. The Morgan fingerprint density at radius 3 is 2.80 bits per heavy atom. The molecular weight excluding hydrogens is 136 g/mol. The minimum atomic E-state index is -0.907. The molecule has 0 spiro atoms. The molecule has 0 bridgehead atoms. The number of ether oxygens (including phenoxy) is 2. The minimum Gasteiger partial charge on any atom is -0.479 e. The molecule has 1 aliphatic heterocycles. The normalized spacial score (nSPS) is 33.7. The quantitative estimate of drug-likeness (QED) is 0.575. The van der Waals surface area contributed by atoms with Crippen molar-refractivity contribution in [2.75, 3.05) is 6.61 Å². The van der Waals surface area contributed by atoms with Crippen LogP contribution in [-0.4, -0.2) is 30.1 Å². The third kappa shape index (κ3) is 1.68. The van der Waals surface area contributed by atoms with Gasteiger partial charge < -0.3 is 14.6 Å². The summed E-state index contributed by atoms with van der Waals surface area (Å²) in [5.74, 6) is -0.907. The third-order valence-corrected chi connectivity index (χ3v) is 1.36. The maximum absolute atomic E-state index is 10.3. The van der Waals surface area contributed by atoms with Gasteiger partial charge in [0.1, 0.15) is 0 Å². The maximum atomic E-state index is 10.3. The van der Waals surface area contributed by atoms with Crippen LogP contribution in [0.2, 0.25) is 0 Å². The highest BCUT2D eigenvalue weighted by Gasteiger charge is 2.25. The fourth-order valence-electron chi connectivity index (χ4n) is 0.861. The van der Waals surface area contributed by atoms with Gasteiger partial charge >= 0.3 is 5.97 Å². The summed E-state index contributed by atoms with van der Waals surface area (Å²) in [5.41, 5.74) is 0. The molecule has 1 saturated heterocycles. The van der Waals surface area contributed by atoms with E-state index >= 15 is 0 Å². The number of hydrogen-bond acceptors (Lipinski definition) is 3. The van der Waals surface area contributed by atoms with E-state index in [0.717, 1.165) is 0 Å². The number of hydrogen-bond donors (Lipinski definition) is 1. The molecule has 0 aromatic rings. The summed E-state index contributed by atoms with van der Waals surface area (Å²) in [6.07, 6.45) is -0.613. The number of carbonyl (C=O) groups is 1. The largest absolute Gasteiger partial charge is 0.479 e. The van der Waals surface area contributed by atoms with E-state index in [4.69, 9.17) is 14.6 Å². The Bertz CT molecular complexity index is 134. The fourth-order valence-corrected chi connectivity index (χ4v) is 0.861. The van der Waals surface area contributed by atoms with Gasteiger partial charge in [0, 0.05) is 6.42 Å². The lowest BCUT2D eigenvalue weighted by atomic mass is 10.2. The molecule has 1 aliphatic rings. The average molecular weight is 146 g/mol. The summed E-state index contributed by atoms with van der Waals surface area (Å²) in [6, 6.07) is 0. The van der Waals surface area contributed by atoms with Crippen LogP contribution in [0.3, 0.4) is 0 Å². The Kier molecular flexibility index (Phi) is 2.24. The molecule has 1 N–H and O–H groups in total. The van der Waals surface area contributed by atoms with E-state index < -0.39 is 12.1 Å². The molecule has 4 heteroatoms. The van der Waals surface area contributed by atoms with Crippen molar-refractivity contribution in [1.82, 2.24) is 0 Å². The van der Waals surface area contributed by atoms with Gasteiger partial charge in [-0.1, -0.05) is 0 Å². The molecule has 0 aromatic heterocycles. The van der Waals surface area contributed by atoms with Gasteiger partial charge in [0.15, 0.2) is 12.4 Å². The molecule has 10 heavy (non-hydrogen) atoms. The molecule has 2 atom stereocenters. The highest BCUT2D eigenvalue weighted by molar-refractivity contribution is 5.72. The Morgan fingerprint density at radius 1 is 1.70 bits per heavy atom. The zero-order valence-corrected chi connectivity index (χ0v) is 5.74. The molecule has 1 rings (SSSR count). The van der Waals surface area contributed by atoms with Crippen LogP contribution in [0.15, 0.2) is 0 Å². The van der Waals surface area contributed by atoms with Crippen molar-refractivity contribution < 1.29 is 19.4 Å². The summed E-state index contributed by atoms with van der Waals surface area (Å²) in [7, 11) is 0. The number of aliphatic carboxylic acids is 1. The van der Waals surface area contributed by atoms with Gasteiger partial charge in [-0.2, -0.15) is 0 Å². The Morgan fingerprint density at radius 2 is 2.40 bits per heavy atom. The fraction of sp³-hybridized carbons (Fsp3) is 0.833. The highest BCUT2D eigenvalue weighted by Crippen LogP contribution is 2.11. The van der Waals surface area contributed by atoms with Crippen LogP contribution < -0.4 is 0 Å². The topological polar surface area (TPSA) is 55.8 Å². The van der Waals surface area contributed by atoms with Crippen molar-refractivity contribution in [3.8, 4) is 0 Å². The SMILES string of the molecule is CC1OCC[C@H](C(=O)O)O1. The molecule has 1 heterocycles. The monoisotopic (exact) mass is 146 g/mol. The predicted molar refractivity (Wildman–Crippen MR) is 32.5 cm³/mol. The summed E-state index contributed by atoms with van der Waals surface area (Å²) in [6.45, 7) is 2.16. The number of carboxylic acid groups (broad SMARTS) is 1. The molecule has 0 saturated carbocycles.